The third-order valence-corrected chi connectivity index (χ3v) is 4.17. The van der Waals surface area contributed by atoms with E-state index in [1.807, 2.05) is 30.3 Å². The van der Waals surface area contributed by atoms with Crippen molar-refractivity contribution in [2.75, 3.05) is 7.11 Å². The molecular formula is C21H15N3O5. The maximum atomic E-state index is 11.8. The van der Waals surface area contributed by atoms with Crippen LogP contribution < -0.4 is 14.2 Å². The van der Waals surface area contributed by atoms with Crippen LogP contribution in [0.25, 0.3) is 10.8 Å². The summed E-state index contributed by atoms with van der Waals surface area (Å²) in [5.74, 6) is 0.675. The number of para-hydroxylation sites is 2. The zero-order valence-corrected chi connectivity index (χ0v) is 15.3. The second-order valence-corrected chi connectivity index (χ2v) is 5.92. The first-order chi connectivity index (χ1) is 14.2. The van der Waals surface area contributed by atoms with E-state index in [4.69, 9.17) is 14.2 Å². The fraction of sp³-hybridized carbons (Fsp3) is 0.0476. The Morgan fingerprint density at radius 3 is 2.10 bits per heavy atom. The van der Waals surface area contributed by atoms with Gasteiger partial charge in [0.25, 0.3) is 0 Å². The number of rotatable bonds is 6. The van der Waals surface area contributed by atoms with E-state index in [0.29, 0.717) is 11.5 Å². The van der Waals surface area contributed by atoms with Gasteiger partial charge in [-0.25, -0.2) is 0 Å². The average Bonchev–Trinajstić information content (AvgIpc) is 2.74. The van der Waals surface area contributed by atoms with Crippen LogP contribution in [-0.2, 0) is 0 Å². The molecule has 1 aromatic heterocycles. The van der Waals surface area contributed by atoms with E-state index in [1.165, 1.54) is 7.11 Å². The van der Waals surface area contributed by atoms with E-state index in [2.05, 4.69) is 9.97 Å². The molecule has 4 rings (SSSR count). The minimum Gasteiger partial charge on any atom is -0.493 e. The number of hydrogen-bond donors (Lipinski definition) is 0. The number of ether oxygens (including phenoxy) is 3. The number of fused-ring (bicyclic) bond motifs is 1. The summed E-state index contributed by atoms with van der Waals surface area (Å²) in [6.07, 6.45) is 1.15. The highest BCUT2D eigenvalue weighted by atomic mass is 16.6. The molecule has 0 N–H and O–H groups in total. The summed E-state index contributed by atoms with van der Waals surface area (Å²) in [7, 11) is 1.48. The molecule has 0 aliphatic carbocycles. The maximum Gasteiger partial charge on any atom is 0.393 e. The van der Waals surface area contributed by atoms with Crippen molar-refractivity contribution in [3.8, 4) is 29.0 Å². The lowest BCUT2D eigenvalue weighted by Gasteiger charge is -2.11. The molecule has 0 saturated heterocycles. The molecule has 0 unspecified atom stereocenters. The molecule has 1 heterocycles. The molecule has 0 bridgehead atoms. The lowest BCUT2D eigenvalue weighted by molar-refractivity contribution is -0.387. The molecule has 0 radical (unpaired) electrons. The minimum atomic E-state index is -0.634. The molecule has 4 aromatic rings. The SMILES string of the molecule is COc1ccccc1Oc1ncnc(Oc2cccc3ccccc23)c1[N+](=O)[O-]. The Morgan fingerprint density at radius 2 is 1.38 bits per heavy atom. The standard InChI is InChI=1S/C21H15N3O5/c1-27-17-10-4-5-11-18(17)29-21-19(24(25)26)20(22-13-23-21)28-16-12-6-8-14-7-2-3-9-15(14)16/h2-13H,1H3. The van der Waals surface area contributed by atoms with Gasteiger partial charge < -0.3 is 14.2 Å². The summed E-state index contributed by atoms with van der Waals surface area (Å²) in [6, 6.07) is 19.8. The molecule has 0 atom stereocenters. The van der Waals surface area contributed by atoms with Crippen LogP contribution in [-0.4, -0.2) is 22.0 Å². The fourth-order valence-electron chi connectivity index (χ4n) is 2.85. The smallest absolute Gasteiger partial charge is 0.393 e. The fourth-order valence-corrected chi connectivity index (χ4v) is 2.85. The summed E-state index contributed by atoms with van der Waals surface area (Å²) in [6.45, 7) is 0. The highest BCUT2D eigenvalue weighted by Gasteiger charge is 2.28. The van der Waals surface area contributed by atoms with Gasteiger partial charge in [0, 0.05) is 5.39 Å². The van der Waals surface area contributed by atoms with Crippen molar-refractivity contribution in [3.63, 3.8) is 0 Å². The molecule has 8 nitrogen and oxygen atoms in total. The number of nitro groups is 1. The zero-order chi connectivity index (χ0) is 20.2. The lowest BCUT2D eigenvalue weighted by atomic mass is 10.1. The van der Waals surface area contributed by atoms with Crippen molar-refractivity contribution in [1.82, 2.24) is 9.97 Å². The Kier molecular flexibility index (Phi) is 4.90. The Hall–Kier alpha value is -4.20. The summed E-state index contributed by atoms with van der Waals surface area (Å²) in [5, 5.41) is 13.5. The molecule has 0 aliphatic heterocycles. The highest BCUT2D eigenvalue weighted by Crippen LogP contribution is 2.40. The van der Waals surface area contributed by atoms with Crippen molar-refractivity contribution in [2.24, 2.45) is 0 Å². The van der Waals surface area contributed by atoms with Gasteiger partial charge in [-0.3, -0.25) is 10.1 Å². The van der Waals surface area contributed by atoms with E-state index >= 15 is 0 Å². The molecule has 0 spiro atoms. The molecular weight excluding hydrogens is 374 g/mol. The van der Waals surface area contributed by atoms with E-state index in [-0.39, 0.29) is 17.5 Å². The van der Waals surface area contributed by atoms with E-state index in [1.54, 1.807) is 36.4 Å². The van der Waals surface area contributed by atoms with Gasteiger partial charge >= 0.3 is 17.4 Å². The molecule has 29 heavy (non-hydrogen) atoms. The van der Waals surface area contributed by atoms with Crippen LogP contribution in [0.4, 0.5) is 5.69 Å². The average molecular weight is 389 g/mol. The number of aromatic nitrogens is 2. The molecule has 0 saturated carbocycles. The van der Waals surface area contributed by atoms with Gasteiger partial charge in [-0.2, -0.15) is 9.97 Å². The molecule has 8 heteroatoms. The molecule has 0 amide bonds. The second kappa shape index (κ2) is 7.81. The third-order valence-electron chi connectivity index (χ3n) is 4.17. The topological polar surface area (TPSA) is 96.6 Å². The summed E-state index contributed by atoms with van der Waals surface area (Å²) >= 11 is 0. The van der Waals surface area contributed by atoms with Crippen LogP contribution in [0.2, 0.25) is 0 Å². The zero-order valence-electron chi connectivity index (χ0n) is 15.3. The highest BCUT2D eigenvalue weighted by molar-refractivity contribution is 5.88. The maximum absolute atomic E-state index is 11.8. The van der Waals surface area contributed by atoms with Crippen LogP contribution in [0.5, 0.6) is 29.0 Å². The van der Waals surface area contributed by atoms with Crippen molar-refractivity contribution in [1.29, 1.82) is 0 Å². The van der Waals surface area contributed by atoms with Gasteiger partial charge in [-0.1, -0.05) is 48.5 Å². The molecule has 0 fully saturated rings. The first kappa shape index (κ1) is 18.2. The first-order valence-corrected chi connectivity index (χ1v) is 8.63. The predicted molar refractivity (Wildman–Crippen MR) is 106 cm³/mol. The number of benzene rings is 3. The van der Waals surface area contributed by atoms with Crippen molar-refractivity contribution < 1.29 is 19.1 Å². The Balaban J connectivity index is 1.77. The van der Waals surface area contributed by atoms with Gasteiger partial charge in [-0.05, 0) is 23.6 Å². The number of hydrogen-bond acceptors (Lipinski definition) is 7. The lowest BCUT2D eigenvalue weighted by Crippen LogP contribution is -2.02. The minimum absolute atomic E-state index is 0.216. The second-order valence-electron chi connectivity index (χ2n) is 5.92. The molecule has 0 aliphatic rings. The molecule has 144 valence electrons. The van der Waals surface area contributed by atoms with Crippen molar-refractivity contribution in [2.45, 2.75) is 0 Å². The Bertz CT molecular complexity index is 1190. The van der Waals surface area contributed by atoms with E-state index < -0.39 is 10.6 Å². The van der Waals surface area contributed by atoms with E-state index in [9.17, 15) is 10.1 Å². The van der Waals surface area contributed by atoms with Gasteiger partial charge in [0.15, 0.2) is 11.5 Å². The van der Waals surface area contributed by atoms with Crippen LogP contribution in [0, 0.1) is 10.1 Å². The monoisotopic (exact) mass is 389 g/mol. The third kappa shape index (κ3) is 3.63. The van der Waals surface area contributed by atoms with Gasteiger partial charge in [-0.15, -0.1) is 0 Å². The van der Waals surface area contributed by atoms with Crippen LogP contribution in [0.1, 0.15) is 0 Å². The number of nitrogens with zero attached hydrogens (tertiary/aromatic N) is 3. The van der Waals surface area contributed by atoms with Crippen molar-refractivity contribution >= 4 is 16.5 Å². The summed E-state index contributed by atoms with van der Waals surface area (Å²) in [5.41, 5.74) is -0.480. The van der Waals surface area contributed by atoms with Crippen molar-refractivity contribution in [3.05, 3.63) is 83.2 Å². The number of methoxy groups -OCH3 is 1. The normalized spacial score (nSPS) is 10.5. The summed E-state index contributed by atoms with van der Waals surface area (Å²) < 4.78 is 16.7. The van der Waals surface area contributed by atoms with Gasteiger partial charge in [0.1, 0.15) is 12.1 Å². The Labute approximate surface area is 165 Å². The Morgan fingerprint density at radius 1 is 0.793 bits per heavy atom. The summed E-state index contributed by atoms with van der Waals surface area (Å²) in [4.78, 5) is 19.0. The van der Waals surface area contributed by atoms with Crippen LogP contribution >= 0.6 is 0 Å². The molecule has 3 aromatic carbocycles. The van der Waals surface area contributed by atoms with Gasteiger partial charge in [0.2, 0.25) is 0 Å². The van der Waals surface area contributed by atoms with E-state index in [0.717, 1.165) is 17.1 Å². The van der Waals surface area contributed by atoms with Gasteiger partial charge in [0.05, 0.1) is 12.0 Å². The largest absolute Gasteiger partial charge is 0.493 e. The predicted octanol–water partition coefficient (Wildman–Crippen LogP) is 5.13. The first-order valence-electron chi connectivity index (χ1n) is 8.63. The van der Waals surface area contributed by atoms with Crippen LogP contribution in [0.15, 0.2) is 73.1 Å². The van der Waals surface area contributed by atoms with Crippen LogP contribution in [0.3, 0.4) is 0 Å². The quantitative estimate of drug-likeness (QED) is 0.333.